The second-order valence-electron chi connectivity index (χ2n) is 29.5. The summed E-state index contributed by atoms with van der Waals surface area (Å²) in [5.74, 6) is 4.95. The Hall–Kier alpha value is -14.3. The molecule has 10 N–H and O–H groups in total. The lowest BCUT2D eigenvalue weighted by atomic mass is 10.2. The second-order valence-corrected chi connectivity index (χ2v) is 29.5. The Kier molecular flexibility index (Phi) is 20.2. The highest BCUT2D eigenvalue weighted by molar-refractivity contribution is 6.05. The Morgan fingerprint density at radius 2 is 0.624 bits per heavy atom. The molecule has 0 saturated carbocycles. The van der Waals surface area contributed by atoms with Gasteiger partial charge in [-0.25, -0.2) is 64.8 Å². The molecule has 0 bridgehead atoms. The van der Waals surface area contributed by atoms with Gasteiger partial charge in [0.05, 0.1) is 117 Å². The maximum absolute atomic E-state index is 6.72. The number of aromatic amines is 4. The summed E-state index contributed by atoms with van der Waals surface area (Å²) < 4.78 is 10.5. The quantitative estimate of drug-likeness (QED) is 0.0373. The van der Waals surface area contributed by atoms with Crippen molar-refractivity contribution in [3.63, 3.8) is 0 Å². The summed E-state index contributed by atoms with van der Waals surface area (Å²) >= 11 is 0. The highest BCUT2D eigenvalue weighted by atomic mass is 15.2. The van der Waals surface area contributed by atoms with Gasteiger partial charge in [-0.1, -0.05) is 118 Å². The van der Waals surface area contributed by atoms with E-state index in [0.29, 0.717) is 29.8 Å². The molecular formula is C90H89N27. The van der Waals surface area contributed by atoms with E-state index in [1.165, 1.54) is 0 Å². The minimum Gasteiger partial charge on any atom is -0.384 e. The van der Waals surface area contributed by atoms with Crippen LogP contribution in [0.3, 0.4) is 0 Å². The first-order valence-corrected chi connectivity index (χ1v) is 39.9. The molecule has 13 heterocycles. The number of aryl methyl sites for hydroxylation is 5. The van der Waals surface area contributed by atoms with Crippen LogP contribution in [-0.4, -0.2) is 158 Å². The van der Waals surface area contributed by atoms with E-state index in [4.69, 9.17) is 77.0 Å². The molecule has 0 spiro atoms. The minimum atomic E-state index is 0.620. The molecule has 27 nitrogen and oxygen atoms in total. The fraction of sp³-hybridized carbons (Fsp3) is 0.211. The van der Waals surface area contributed by atoms with Gasteiger partial charge < -0.3 is 69.8 Å². The van der Waals surface area contributed by atoms with Crippen molar-refractivity contribution in [1.82, 2.24) is 117 Å². The van der Waals surface area contributed by atoms with Gasteiger partial charge in [-0.05, 0) is 170 Å². The van der Waals surface area contributed by atoms with Crippen molar-refractivity contribution in [3.8, 4) is 45.6 Å². The van der Waals surface area contributed by atoms with Gasteiger partial charge in [0.1, 0.15) is 62.8 Å². The van der Waals surface area contributed by atoms with Gasteiger partial charge in [0.15, 0.2) is 22.6 Å². The fourth-order valence-corrected chi connectivity index (χ4v) is 15.8. The van der Waals surface area contributed by atoms with E-state index in [1.807, 2.05) is 211 Å². The van der Waals surface area contributed by atoms with E-state index in [0.717, 1.165) is 256 Å². The Morgan fingerprint density at radius 1 is 0.325 bits per heavy atom. The number of H-pyrrole nitrogens is 4. The summed E-state index contributed by atoms with van der Waals surface area (Å²) in [6.45, 7) is 16.8. The van der Waals surface area contributed by atoms with Crippen LogP contribution in [0, 0.1) is 6.92 Å². The van der Waals surface area contributed by atoms with Crippen molar-refractivity contribution in [2.45, 2.75) is 86.1 Å². The zero-order valence-electron chi connectivity index (χ0n) is 66.1. The Morgan fingerprint density at radius 3 is 0.940 bits per heavy atom. The first kappa shape index (κ1) is 74.1. The first-order valence-electron chi connectivity index (χ1n) is 39.9. The molecule has 0 aliphatic carbocycles. The van der Waals surface area contributed by atoms with Crippen molar-refractivity contribution >= 4 is 150 Å². The van der Waals surface area contributed by atoms with Crippen molar-refractivity contribution in [2.24, 2.45) is 0 Å². The molecule has 0 aliphatic rings. The number of hydrogen-bond donors (Lipinski definition) is 7. The summed E-state index contributed by atoms with van der Waals surface area (Å²) in [7, 11) is 4.15. The molecular weight excluding hydrogens is 1460 g/mol. The number of benzene rings is 8. The van der Waals surface area contributed by atoms with E-state index in [2.05, 4.69) is 94.8 Å². The molecule has 584 valence electrons. The molecule has 0 unspecified atom stereocenters. The second kappa shape index (κ2) is 31.9. The number of hydrogen-bond acceptors (Lipinski definition) is 18. The number of nitrogens with two attached hydrogens (primary N) is 3. The summed E-state index contributed by atoms with van der Waals surface area (Å²) in [5.41, 5.74) is 45.9. The van der Waals surface area contributed by atoms with Gasteiger partial charge in [-0.3, -0.25) is 0 Å². The topological polar surface area (TPSA) is 340 Å². The third-order valence-electron chi connectivity index (χ3n) is 21.6. The van der Waals surface area contributed by atoms with Crippen LogP contribution in [0.2, 0.25) is 0 Å². The lowest BCUT2D eigenvalue weighted by molar-refractivity contribution is 0.294. The monoisotopic (exact) mass is 1550 g/mol. The fourth-order valence-electron chi connectivity index (χ4n) is 15.8. The van der Waals surface area contributed by atoms with E-state index < -0.39 is 0 Å². The number of fused-ring (bicyclic) bond motifs is 12. The smallest absolute Gasteiger partial charge is 0.161 e. The number of para-hydroxylation sites is 16. The third kappa shape index (κ3) is 14.3. The molecule has 0 aliphatic heterocycles. The number of nitrogens with zero attached hydrogens (tertiary/aromatic N) is 20. The van der Waals surface area contributed by atoms with Crippen LogP contribution in [0.25, 0.3) is 178 Å². The number of imidazole rings is 5. The number of rotatable bonds is 20. The molecule has 117 heavy (non-hydrogen) atoms. The standard InChI is InChI=1S/C24H27N7.C23H20N8.C22H23N7.C21H19N5/c1-3-30(4-2)14-9-15-31-22(25)20(23-27-17-11-6-7-12-18(17)28-23)21-24(31)29-19-13-8-5-10-16(19)26-21;24-21-19(22-27-16-7-2-3-8-17(16)28-22)20-23(29-18-9-4-1-6-15(18)26-20)31(21)12-5-11-30-13-10-25-14-30;1-28(2)12-7-13-29-20(23)18(21-25-15-9-4-5-10-16(15)26-21)19-22(29)27-17-11-6-3-8-14(17)24-19;1-3-12-26-13(2)18(20-23-15-9-5-6-10-16(15)24-20)19-21(26)25-17-11-7-4-8-14(17)22-19/h5-8,10-13H,3-4,9,14-15,25H2,1-2H3,(H,27,28);1-4,6-10,13-14H,5,11-12,24H2,(H,27,28);3-6,8-11H,7,12-13,23H2,1-2H3,(H,25,26);4-11H,3,12H2,1-2H3,(H,23,24). The number of aromatic nitrogens is 22. The zero-order chi connectivity index (χ0) is 79.8. The number of anilines is 3. The van der Waals surface area contributed by atoms with Gasteiger partial charge in [0, 0.05) is 50.8 Å². The Bertz CT molecular complexity index is 7050. The molecule has 21 rings (SSSR count). The van der Waals surface area contributed by atoms with E-state index in [1.54, 1.807) is 6.20 Å². The summed E-state index contributed by atoms with van der Waals surface area (Å²) in [5, 5.41) is 0. The maximum Gasteiger partial charge on any atom is 0.161 e. The molecule has 27 heteroatoms. The largest absolute Gasteiger partial charge is 0.384 e. The molecule has 0 amide bonds. The molecule has 8 aromatic carbocycles. The molecule has 0 saturated heterocycles. The Labute approximate surface area is 671 Å². The first-order chi connectivity index (χ1) is 57.3. The third-order valence-corrected chi connectivity index (χ3v) is 21.6. The van der Waals surface area contributed by atoms with Crippen molar-refractivity contribution in [3.05, 3.63) is 219 Å². The molecule has 0 radical (unpaired) electrons. The van der Waals surface area contributed by atoms with E-state index >= 15 is 0 Å². The normalized spacial score (nSPS) is 11.9. The van der Waals surface area contributed by atoms with Crippen LogP contribution in [0.1, 0.15) is 52.1 Å². The zero-order valence-corrected chi connectivity index (χ0v) is 66.1. The van der Waals surface area contributed by atoms with Crippen molar-refractivity contribution in [1.29, 1.82) is 0 Å². The number of nitrogens with one attached hydrogen (secondary N) is 4. The van der Waals surface area contributed by atoms with Gasteiger partial charge in [0.2, 0.25) is 0 Å². The molecule has 13 aromatic heterocycles. The minimum absolute atomic E-state index is 0.620. The van der Waals surface area contributed by atoms with Crippen LogP contribution in [0.4, 0.5) is 17.5 Å². The van der Waals surface area contributed by atoms with Gasteiger partial charge in [0.25, 0.3) is 0 Å². The van der Waals surface area contributed by atoms with Crippen LogP contribution in [0.15, 0.2) is 213 Å². The maximum atomic E-state index is 6.72. The van der Waals surface area contributed by atoms with Gasteiger partial charge >= 0.3 is 0 Å². The Balaban J connectivity index is 0.000000108. The average Bonchev–Trinajstić information content (AvgIpc) is 1.61. The van der Waals surface area contributed by atoms with E-state index in [-0.39, 0.29) is 0 Å². The summed E-state index contributed by atoms with van der Waals surface area (Å²) in [6, 6.07) is 63.8. The molecule has 0 atom stereocenters. The highest BCUT2D eigenvalue weighted by Crippen LogP contribution is 2.41. The van der Waals surface area contributed by atoms with Gasteiger partial charge in [-0.15, -0.1) is 0 Å². The van der Waals surface area contributed by atoms with E-state index in [9.17, 15) is 0 Å². The van der Waals surface area contributed by atoms with Crippen molar-refractivity contribution in [2.75, 3.05) is 57.5 Å². The lowest BCUT2D eigenvalue weighted by Crippen LogP contribution is -2.25. The highest BCUT2D eigenvalue weighted by Gasteiger charge is 2.28. The van der Waals surface area contributed by atoms with Gasteiger partial charge in [-0.2, -0.15) is 0 Å². The predicted molar refractivity (Wildman–Crippen MR) is 471 cm³/mol. The molecule has 0 fully saturated rings. The van der Waals surface area contributed by atoms with Crippen LogP contribution in [-0.2, 0) is 32.7 Å². The number of nitrogen functional groups attached to an aromatic ring is 3. The van der Waals surface area contributed by atoms with Crippen LogP contribution >= 0.6 is 0 Å². The lowest BCUT2D eigenvalue weighted by Gasteiger charge is -2.18. The van der Waals surface area contributed by atoms with Crippen molar-refractivity contribution < 1.29 is 0 Å². The predicted octanol–water partition coefficient (Wildman–Crippen LogP) is 16.9. The SMILES string of the molecule is CCCn1c(C)c(-c2nc3ccccc3[nH]2)c2nc3ccccc3nc21.CCN(CC)CCCn1c(N)c(-c2nc3ccccc3[nH]2)c2nc3ccccc3nc21.CN(C)CCCn1c(N)c(-c2nc3ccccc3[nH]2)c2nc3ccccc3nc21.Nc1c(-c2nc3ccccc3[nH]2)c2nc3ccccc3nc2n1CCCn1ccnc1. The van der Waals surface area contributed by atoms with Crippen LogP contribution in [0.5, 0.6) is 0 Å². The molecule has 21 aromatic rings. The average molecular weight is 1550 g/mol. The van der Waals surface area contributed by atoms with Crippen LogP contribution < -0.4 is 17.2 Å². The summed E-state index contributed by atoms with van der Waals surface area (Å²) in [6.07, 6.45) is 9.46. The summed E-state index contributed by atoms with van der Waals surface area (Å²) in [4.78, 5) is 80.9.